The summed E-state index contributed by atoms with van der Waals surface area (Å²) in [6.45, 7) is 10.7. The Morgan fingerprint density at radius 3 is 2.37 bits per heavy atom. The average molecular weight is 467 g/mol. The Morgan fingerprint density at radius 1 is 1.17 bits per heavy atom. The van der Waals surface area contributed by atoms with E-state index in [9.17, 15) is 14.9 Å². The molecule has 0 saturated heterocycles. The molecular formula is C26H21N5O4. The van der Waals surface area contributed by atoms with E-state index in [4.69, 9.17) is 16.6 Å². The Labute approximate surface area is 202 Å². The van der Waals surface area contributed by atoms with Gasteiger partial charge in [-0.2, -0.15) is 5.26 Å². The number of carbonyl (C=O) groups excluding carboxylic acids is 1. The van der Waals surface area contributed by atoms with E-state index < -0.39 is 10.8 Å². The Kier molecular flexibility index (Phi) is 7.45. The minimum absolute atomic E-state index is 0.000330. The van der Waals surface area contributed by atoms with E-state index in [0.717, 1.165) is 16.7 Å². The Hall–Kier alpha value is -5.15. The number of benzene rings is 3. The number of carbonyl (C=O) groups is 1. The zero-order valence-corrected chi connectivity index (χ0v) is 19.2. The topological polar surface area (TPSA) is 122 Å². The van der Waals surface area contributed by atoms with Gasteiger partial charge in [0.2, 0.25) is 0 Å². The van der Waals surface area contributed by atoms with Crippen molar-refractivity contribution in [1.29, 1.82) is 5.26 Å². The number of aryl methyl sites for hydroxylation is 2. The monoisotopic (exact) mass is 467 g/mol. The molecule has 174 valence electrons. The van der Waals surface area contributed by atoms with Gasteiger partial charge in [-0.15, -0.1) is 0 Å². The number of nitro groups is 1. The van der Waals surface area contributed by atoms with Gasteiger partial charge in [0.1, 0.15) is 17.2 Å². The Bertz CT molecular complexity index is 1390. The van der Waals surface area contributed by atoms with Crippen molar-refractivity contribution < 1.29 is 14.5 Å². The number of hydrogen-bond donors (Lipinski definition) is 2. The van der Waals surface area contributed by atoms with Crippen molar-refractivity contribution in [3.8, 4) is 17.6 Å². The van der Waals surface area contributed by atoms with Crippen LogP contribution in [0.1, 0.15) is 27.0 Å². The van der Waals surface area contributed by atoms with Gasteiger partial charge in [-0.05, 0) is 60.9 Å². The molecule has 2 N–H and O–H groups in total. The number of allylic oxidation sites excluding steroid dienone is 1. The van der Waals surface area contributed by atoms with Crippen molar-refractivity contribution in [1.82, 2.24) is 5.32 Å². The van der Waals surface area contributed by atoms with Gasteiger partial charge in [0, 0.05) is 30.9 Å². The molecule has 35 heavy (non-hydrogen) atoms. The predicted octanol–water partition coefficient (Wildman–Crippen LogP) is 6.19. The predicted molar refractivity (Wildman–Crippen MR) is 133 cm³/mol. The lowest BCUT2D eigenvalue weighted by molar-refractivity contribution is -0.384. The van der Waals surface area contributed by atoms with Gasteiger partial charge in [0.25, 0.3) is 11.6 Å². The smallest absolute Gasteiger partial charge is 0.293 e. The molecule has 0 fully saturated rings. The highest BCUT2D eigenvalue weighted by Crippen LogP contribution is 2.39. The minimum Gasteiger partial charge on any atom is -0.456 e. The van der Waals surface area contributed by atoms with Crippen LogP contribution in [-0.4, -0.2) is 17.9 Å². The molecule has 0 atom stereocenters. The third-order valence-electron chi connectivity index (χ3n) is 5.09. The maximum Gasteiger partial charge on any atom is 0.293 e. The Balaban J connectivity index is 2.12. The van der Waals surface area contributed by atoms with E-state index in [1.807, 2.05) is 32.0 Å². The summed E-state index contributed by atoms with van der Waals surface area (Å²) < 4.78 is 6.15. The van der Waals surface area contributed by atoms with Gasteiger partial charge >= 0.3 is 0 Å². The van der Waals surface area contributed by atoms with Crippen molar-refractivity contribution in [2.45, 2.75) is 13.8 Å². The average Bonchev–Trinajstić information content (AvgIpc) is 2.84. The highest BCUT2D eigenvalue weighted by molar-refractivity contribution is 5.99. The third kappa shape index (κ3) is 5.62. The first kappa shape index (κ1) is 24.5. The molecule has 3 aromatic carbocycles. The van der Waals surface area contributed by atoms with Crippen LogP contribution in [0.3, 0.4) is 0 Å². The number of nitriles is 1. The van der Waals surface area contributed by atoms with E-state index >= 15 is 0 Å². The van der Waals surface area contributed by atoms with Gasteiger partial charge in [0.15, 0.2) is 5.69 Å². The van der Waals surface area contributed by atoms with Crippen LogP contribution in [0, 0.1) is 41.9 Å². The zero-order valence-electron chi connectivity index (χ0n) is 19.2. The normalized spacial score (nSPS) is 10.3. The van der Waals surface area contributed by atoms with Gasteiger partial charge in [-0.1, -0.05) is 12.1 Å². The second kappa shape index (κ2) is 10.6. The molecule has 0 aliphatic heterocycles. The van der Waals surface area contributed by atoms with E-state index in [1.165, 1.54) is 25.3 Å². The molecule has 3 aromatic rings. The van der Waals surface area contributed by atoms with Crippen LogP contribution in [0.5, 0.6) is 11.5 Å². The standard InChI is InChI=1S/C26H21N5O4/c1-16-12-18(6-5-11-27)13-17(2)25(16)35-24-15-22(30-20-9-7-19(28-3)8-10-20)23(31(33)34)14-21(24)26(32)29-4/h5-10,12-15,30H,1-2,4H3,(H,29,32)/b6-5+. The second-order valence-corrected chi connectivity index (χ2v) is 7.53. The van der Waals surface area contributed by atoms with Crippen LogP contribution in [0.4, 0.5) is 22.7 Å². The fraction of sp³-hybridized carbons (Fsp3) is 0.115. The maximum absolute atomic E-state index is 12.6. The first-order chi connectivity index (χ1) is 16.8. The third-order valence-corrected chi connectivity index (χ3v) is 5.09. The van der Waals surface area contributed by atoms with Crippen molar-refractivity contribution >= 4 is 34.7 Å². The molecule has 0 spiro atoms. The highest BCUT2D eigenvalue weighted by Gasteiger charge is 2.24. The number of nitrogens with one attached hydrogen (secondary N) is 2. The zero-order chi connectivity index (χ0) is 25.5. The number of amides is 1. The molecule has 0 aliphatic rings. The van der Waals surface area contributed by atoms with E-state index in [-0.39, 0.29) is 22.7 Å². The molecule has 0 bridgehead atoms. The van der Waals surface area contributed by atoms with Crippen LogP contribution in [-0.2, 0) is 0 Å². The largest absolute Gasteiger partial charge is 0.456 e. The molecule has 0 unspecified atom stereocenters. The van der Waals surface area contributed by atoms with Crippen molar-refractivity contribution in [3.05, 3.63) is 98.4 Å². The number of nitro benzene ring substituents is 1. The van der Waals surface area contributed by atoms with Crippen LogP contribution in [0.2, 0.25) is 0 Å². The van der Waals surface area contributed by atoms with Gasteiger partial charge < -0.3 is 15.4 Å². The second-order valence-electron chi connectivity index (χ2n) is 7.53. The molecule has 9 nitrogen and oxygen atoms in total. The summed E-state index contributed by atoms with van der Waals surface area (Å²) in [5.74, 6) is 0.0761. The van der Waals surface area contributed by atoms with Crippen LogP contribution in [0.15, 0.2) is 54.6 Å². The molecule has 0 heterocycles. The number of hydrogen-bond acceptors (Lipinski definition) is 6. The molecule has 3 rings (SSSR count). The summed E-state index contributed by atoms with van der Waals surface area (Å²) in [6, 6.07) is 14.6. The molecule has 0 aromatic heterocycles. The first-order valence-electron chi connectivity index (χ1n) is 10.4. The molecular weight excluding hydrogens is 446 g/mol. The Morgan fingerprint density at radius 2 is 1.83 bits per heavy atom. The lowest BCUT2D eigenvalue weighted by atomic mass is 10.0. The summed E-state index contributed by atoms with van der Waals surface area (Å²) in [5.41, 5.74) is 3.10. The van der Waals surface area contributed by atoms with E-state index in [2.05, 4.69) is 15.5 Å². The first-order valence-corrected chi connectivity index (χ1v) is 10.4. The van der Waals surface area contributed by atoms with Gasteiger partial charge in [-0.3, -0.25) is 14.9 Å². The summed E-state index contributed by atoms with van der Waals surface area (Å²) in [5, 5.41) is 26.0. The van der Waals surface area contributed by atoms with Gasteiger partial charge in [0.05, 0.1) is 23.1 Å². The fourth-order valence-electron chi connectivity index (χ4n) is 3.48. The summed E-state index contributed by atoms with van der Waals surface area (Å²) in [4.78, 5) is 27.1. The van der Waals surface area contributed by atoms with Crippen LogP contribution < -0.4 is 15.4 Å². The van der Waals surface area contributed by atoms with Gasteiger partial charge in [-0.25, -0.2) is 4.85 Å². The van der Waals surface area contributed by atoms with Crippen molar-refractivity contribution in [2.75, 3.05) is 12.4 Å². The molecule has 1 amide bonds. The SMILES string of the molecule is [C-]#[N+]c1ccc(Nc2cc(Oc3c(C)cc(/C=C/C#N)cc3C)c(C(=O)NC)cc2[N+](=O)[O-])cc1. The van der Waals surface area contributed by atoms with Crippen LogP contribution in [0.25, 0.3) is 10.9 Å². The summed E-state index contributed by atoms with van der Waals surface area (Å²) >= 11 is 0. The maximum atomic E-state index is 12.6. The number of rotatable bonds is 7. The lowest BCUT2D eigenvalue weighted by Crippen LogP contribution is -2.19. The molecule has 0 saturated carbocycles. The number of nitrogens with zero attached hydrogens (tertiary/aromatic N) is 3. The number of anilines is 2. The highest BCUT2D eigenvalue weighted by atomic mass is 16.6. The molecule has 9 heteroatoms. The van der Waals surface area contributed by atoms with E-state index in [0.29, 0.717) is 17.1 Å². The number of ether oxygens (including phenoxy) is 1. The lowest BCUT2D eigenvalue weighted by Gasteiger charge is -2.17. The van der Waals surface area contributed by atoms with Crippen LogP contribution >= 0.6 is 0 Å². The minimum atomic E-state index is -0.584. The summed E-state index contributed by atoms with van der Waals surface area (Å²) in [6.07, 6.45) is 3.05. The molecule has 0 radical (unpaired) electrons. The molecule has 0 aliphatic carbocycles. The fourth-order valence-corrected chi connectivity index (χ4v) is 3.48. The quantitative estimate of drug-likeness (QED) is 0.185. The van der Waals surface area contributed by atoms with Crippen molar-refractivity contribution in [2.24, 2.45) is 0 Å². The summed E-state index contributed by atoms with van der Waals surface area (Å²) in [7, 11) is 1.43. The van der Waals surface area contributed by atoms with Crippen molar-refractivity contribution in [3.63, 3.8) is 0 Å². The van der Waals surface area contributed by atoms with E-state index in [1.54, 1.807) is 30.3 Å².